The van der Waals surface area contributed by atoms with Gasteiger partial charge in [0.05, 0.1) is 11.7 Å². The van der Waals surface area contributed by atoms with Crippen LogP contribution >= 0.6 is 0 Å². The van der Waals surface area contributed by atoms with E-state index in [1.807, 2.05) is 0 Å². The molecule has 1 saturated carbocycles. The van der Waals surface area contributed by atoms with Gasteiger partial charge in [-0.05, 0) is 12.8 Å². The molecule has 0 saturated heterocycles. The molecule has 0 bridgehead atoms. The molecule has 1 rings (SSSR count). The second-order valence-corrected chi connectivity index (χ2v) is 7.56. The first-order valence-corrected chi connectivity index (χ1v) is 8.55. The van der Waals surface area contributed by atoms with Crippen molar-refractivity contribution in [1.82, 2.24) is 4.90 Å². The third kappa shape index (κ3) is 4.94. The summed E-state index contributed by atoms with van der Waals surface area (Å²) < 4.78 is 22.2. The Morgan fingerprint density at radius 1 is 1.28 bits per heavy atom. The van der Waals surface area contributed by atoms with Crippen molar-refractivity contribution in [3.63, 3.8) is 0 Å². The Labute approximate surface area is 110 Å². The number of amides is 1. The first kappa shape index (κ1) is 15.4. The largest absolute Gasteiger partial charge is 0.344 e. The van der Waals surface area contributed by atoms with Crippen molar-refractivity contribution in [3.05, 3.63) is 0 Å². The molecule has 106 valence electrons. The normalized spacial score (nSPS) is 25.5. The van der Waals surface area contributed by atoms with Crippen LogP contribution in [-0.4, -0.2) is 50.9 Å². The first-order valence-electron chi connectivity index (χ1n) is 6.49. The molecule has 0 aromatic rings. The molecule has 2 N–H and O–H groups in total. The van der Waals surface area contributed by atoms with Gasteiger partial charge in [0.2, 0.25) is 5.91 Å². The fourth-order valence-electron chi connectivity index (χ4n) is 2.34. The van der Waals surface area contributed by atoms with Gasteiger partial charge in [0.25, 0.3) is 0 Å². The molecule has 0 radical (unpaired) electrons. The van der Waals surface area contributed by atoms with Gasteiger partial charge in [0.15, 0.2) is 0 Å². The maximum absolute atomic E-state index is 12.2. The molecule has 0 heterocycles. The zero-order valence-electron chi connectivity index (χ0n) is 11.3. The van der Waals surface area contributed by atoms with Gasteiger partial charge < -0.3 is 10.6 Å². The molecular weight excluding hydrogens is 252 g/mol. The van der Waals surface area contributed by atoms with Crippen molar-refractivity contribution in [2.24, 2.45) is 11.7 Å². The van der Waals surface area contributed by atoms with Gasteiger partial charge >= 0.3 is 0 Å². The van der Waals surface area contributed by atoms with Crippen LogP contribution in [0.1, 0.15) is 32.1 Å². The average molecular weight is 276 g/mol. The van der Waals surface area contributed by atoms with Crippen molar-refractivity contribution in [3.8, 4) is 0 Å². The van der Waals surface area contributed by atoms with E-state index in [1.54, 1.807) is 7.05 Å². The van der Waals surface area contributed by atoms with Crippen LogP contribution in [0, 0.1) is 5.92 Å². The van der Waals surface area contributed by atoms with Crippen LogP contribution < -0.4 is 5.73 Å². The molecule has 5 nitrogen and oxygen atoms in total. The van der Waals surface area contributed by atoms with Crippen LogP contribution in [0.5, 0.6) is 0 Å². The number of rotatable bonds is 4. The third-order valence-corrected chi connectivity index (χ3v) is 4.48. The fourth-order valence-corrected chi connectivity index (χ4v) is 2.94. The smallest absolute Gasteiger partial charge is 0.227 e. The molecule has 1 aliphatic rings. The van der Waals surface area contributed by atoms with E-state index in [4.69, 9.17) is 5.73 Å². The van der Waals surface area contributed by atoms with Crippen molar-refractivity contribution in [1.29, 1.82) is 0 Å². The van der Waals surface area contributed by atoms with E-state index in [9.17, 15) is 13.2 Å². The van der Waals surface area contributed by atoms with E-state index < -0.39 is 9.84 Å². The van der Waals surface area contributed by atoms with Crippen molar-refractivity contribution >= 4 is 15.7 Å². The molecule has 18 heavy (non-hydrogen) atoms. The highest BCUT2D eigenvalue weighted by Gasteiger charge is 2.29. The topological polar surface area (TPSA) is 80.5 Å². The van der Waals surface area contributed by atoms with Crippen LogP contribution in [0.25, 0.3) is 0 Å². The lowest BCUT2D eigenvalue weighted by Crippen LogP contribution is -2.43. The zero-order valence-corrected chi connectivity index (χ0v) is 12.1. The summed E-state index contributed by atoms with van der Waals surface area (Å²) in [5.41, 5.74) is 6.03. The second-order valence-electron chi connectivity index (χ2n) is 5.30. The van der Waals surface area contributed by atoms with Gasteiger partial charge in [-0.25, -0.2) is 8.42 Å². The number of nitrogens with zero attached hydrogens (tertiary/aromatic N) is 1. The van der Waals surface area contributed by atoms with E-state index in [0.29, 0.717) is 0 Å². The molecule has 1 aliphatic carbocycles. The number of nitrogens with two attached hydrogens (primary N) is 1. The van der Waals surface area contributed by atoms with Crippen LogP contribution in [0.4, 0.5) is 0 Å². The van der Waals surface area contributed by atoms with E-state index in [1.165, 1.54) is 11.2 Å². The molecule has 2 atom stereocenters. The number of hydrogen-bond donors (Lipinski definition) is 1. The van der Waals surface area contributed by atoms with E-state index >= 15 is 0 Å². The number of hydrogen-bond acceptors (Lipinski definition) is 4. The Hall–Kier alpha value is -0.620. The Kier molecular flexibility index (Phi) is 5.59. The van der Waals surface area contributed by atoms with E-state index in [0.717, 1.165) is 32.1 Å². The standard InChI is InChI=1S/C12H24N2O3S/c1-14(8-9-18(2,16)17)12(15)10-6-4-3-5-7-11(10)13/h10-11H,3-9,13H2,1-2H3. The Morgan fingerprint density at radius 3 is 2.50 bits per heavy atom. The van der Waals surface area contributed by atoms with Crippen LogP contribution in [-0.2, 0) is 14.6 Å². The van der Waals surface area contributed by atoms with Gasteiger partial charge in [0.1, 0.15) is 9.84 Å². The van der Waals surface area contributed by atoms with E-state index in [2.05, 4.69) is 0 Å². The highest BCUT2D eigenvalue weighted by Crippen LogP contribution is 2.23. The minimum Gasteiger partial charge on any atom is -0.344 e. The SMILES string of the molecule is CN(CCS(C)(=O)=O)C(=O)C1CCCCCC1N. The van der Waals surface area contributed by atoms with Gasteiger partial charge in [0, 0.05) is 25.9 Å². The fraction of sp³-hybridized carbons (Fsp3) is 0.917. The Morgan fingerprint density at radius 2 is 1.89 bits per heavy atom. The summed E-state index contributed by atoms with van der Waals surface area (Å²) in [5.74, 6) is -0.137. The van der Waals surface area contributed by atoms with Gasteiger partial charge in [-0.3, -0.25) is 4.79 Å². The summed E-state index contributed by atoms with van der Waals surface area (Å²) in [4.78, 5) is 13.7. The Bertz CT molecular complexity index is 381. The molecule has 1 fully saturated rings. The van der Waals surface area contributed by atoms with Crippen molar-refractivity contribution in [2.75, 3.05) is 25.6 Å². The highest BCUT2D eigenvalue weighted by atomic mass is 32.2. The summed E-state index contributed by atoms with van der Waals surface area (Å²) in [6.07, 6.45) is 6.13. The quantitative estimate of drug-likeness (QED) is 0.754. The summed E-state index contributed by atoms with van der Waals surface area (Å²) in [5, 5.41) is 0. The van der Waals surface area contributed by atoms with Crippen LogP contribution in [0.15, 0.2) is 0 Å². The zero-order chi connectivity index (χ0) is 13.8. The monoisotopic (exact) mass is 276 g/mol. The summed E-state index contributed by atoms with van der Waals surface area (Å²) >= 11 is 0. The van der Waals surface area contributed by atoms with Gasteiger partial charge in [-0.15, -0.1) is 0 Å². The minimum absolute atomic E-state index is 0.00644. The molecule has 0 aromatic heterocycles. The maximum atomic E-state index is 12.2. The predicted octanol–water partition coefficient (Wildman–Crippen LogP) is 0.397. The van der Waals surface area contributed by atoms with Crippen molar-refractivity contribution < 1.29 is 13.2 Å². The second kappa shape index (κ2) is 6.52. The highest BCUT2D eigenvalue weighted by molar-refractivity contribution is 7.90. The summed E-state index contributed by atoms with van der Waals surface area (Å²) in [6, 6.07) is -0.0827. The van der Waals surface area contributed by atoms with E-state index in [-0.39, 0.29) is 30.2 Å². The minimum atomic E-state index is -3.03. The lowest BCUT2D eigenvalue weighted by molar-refractivity contribution is -0.134. The predicted molar refractivity (Wildman–Crippen MR) is 71.9 cm³/mol. The molecule has 1 amide bonds. The molecular formula is C12H24N2O3S. The van der Waals surface area contributed by atoms with Gasteiger partial charge in [-0.1, -0.05) is 19.3 Å². The number of carbonyl (C=O) groups is 1. The first-order chi connectivity index (χ1) is 8.31. The number of carbonyl (C=O) groups excluding carboxylic acids is 1. The van der Waals surface area contributed by atoms with Crippen molar-refractivity contribution in [2.45, 2.75) is 38.1 Å². The molecule has 2 unspecified atom stereocenters. The molecule has 0 aliphatic heterocycles. The maximum Gasteiger partial charge on any atom is 0.227 e. The Balaban J connectivity index is 2.56. The third-order valence-electron chi connectivity index (χ3n) is 3.56. The lowest BCUT2D eigenvalue weighted by atomic mass is 9.94. The molecule has 0 aromatic carbocycles. The summed E-state index contributed by atoms with van der Waals surface area (Å²) in [7, 11) is -1.37. The average Bonchev–Trinajstić information content (AvgIpc) is 2.49. The molecule has 6 heteroatoms. The van der Waals surface area contributed by atoms with Gasteiger partial charge in [-0.2, -0.15) is 0 Å². The number of sulfone groups is 1. The lowest BCUT2D eigenvalue weighted by Gasteiger charge is -2.26. The summed E-state index contributed by atoms with van der Waals surface area (Å²) in [6.45, 7) is 0.251. The van der Waals surface area contributed by atoms with Crippen LogP contribution in [0.2, 0.25) is 0 Å². The van der Waals surface area contributed by atoms with Crippen LogP contribution in [0.3, 0.4) is 0 Å². The molecule has 0 spiro atoms.